The fourth-order valence-corrected chi connectivity index (χ4v) is 1.54. The summed E-state index contributed by atoms with van der Waals surface area (Å²) in [6.45, 7) is 4.92. The van der Waals surface area contributed by atoms with Crippen molar-refractivity contribution >= 4 is 17.7 Å². The zero-order valence-electron chi connectivity index (χ0n) is 6.08. The molecule has 1 aliphatic heterocycles. The molecule has 0 radical (unpaired) electrons. The number of carboxylic acid groups (broad SMARTS) is 1. The molecule has 1 aliphatic rings. The van der Waals surface area contributed by atoms with Crippen molar-refractivity contribution in [2.24, 2.45) is 0 Å². The Bertz CT molecular complexity index is 175. The predicted octanol–water partition coefficient (Wildman–Crippen LogP) is 0.759. The number of rotatable bonds is 4. The lowest BCUT2D eigenvalue weighted by molar-refractivity contribution is -0.132. The van der Waals surface area contributed by atoms with Gasteiger partial charge in [-0.1, -0.05) is 6.58 Å². The lowest BCUT2D eigenvalue weighted by Gasteiger charge is -2.24. The van der Waals surface area contributed by atoms with Crippen LogP contribution in [0.4, 0.5) is 0 Å². The van der Waals surface area contributed by atoms with Crippen LogP contribution in [0.25, 0.3) is 0 Å². The van der Waals surface area contributed by atoms with Crippen molar-refractivity contribution in [1.29, 1.82) is 0 Å². The molecule has 0 aromatic heterocycles. The van der Waals surface area contributed by atoms with Crippen molar-refractivity contribution < 1.29 is 14.6 Å². The van der Waals surface area contributed by atoms with Crippen molar-refractivity contribution in [3.8, 4) is 0 Å². The molecule has 0 aromatic rings. The molecule has 62 valence electrons. The summed E-state index contributed by atoms with van der Waals surface area (Å²) in [4.78, 5) is 10.3. The number of hydrogen-bond acceptors (Lipinski definition) is 3. The van der Waals surface area contributed by atoms with E-state index in [9.17, 15) is 4.79 Å². The molecule has 0 aromatic carbocycles. The molecule has 0 aliphatic carbocycles. The van der Waals surface area contributed by atoms with Crippen LogP contribution < -0.4 is 0 Å². The van der Waals surface area contributed by atoms with E-state index in [1.54, 1.807) is 11.8 Å². The molecular formula is C7H10O3S. The molecule has 3 nitrogen and oxygen atoms in total. The molecule has 1 rings (SSSR count). The fraction of sp³-hybridized carbons (Fsp3) is 0.571. The predicted molar refractivity (Wildman–Crippen MR) is 43.8 cm³/mol. The molecule has 1 N–H and O–H groups in total. The highest BCUT2D eigenvalue weighted by molar-refractivity contribution is 8.00. The number of hydrogen-bond donors (Lipinski definition) is 1. The first-order valence-electron chi connectivity index (χ1n) is 3.30. The Balaban J connectivity index is 2.10. The molecule has 1 heterocycles. The minimum atomic E-state index is -0.905. The lowest BCUT2D eigenvalue weighted by Crippen LogP contribution is -2.30. The highest BCUT2D eigenvalue weighted by atomic mass is 32.2. The Morgan fingerprint density at radius 1 is 1.73 bits per heavy atom. The number of carbonyl (C=O) groups is 1. The van der Waals surface area contributed by atoms with Gasteiger partial charge < -0.3 is 9.84 Å². The summed E-state index contributed by atoms with van der Waals surface area (Å²) in [5.41, 5.74) is 0.266. The molecule has 0 amide bonds. The third-order valence-corrected chi connectivity index (χ3v) is 2.66. The highest BCUT2D eigenvalue weighted by Gasteiger charge is 2.19. The second-order valence-corrected chi connectivity index (χ2v) is 3.67. The lowest BCUT2D eigenvalue weighted by atomic mass is 10.4. The monoisotopic (exact) mass is 174 g/mol. The standard InChI is InChI=1S/C7H10O3S/c1-5(7(8)9)4-11-6-2-10-3-6/h6H,1-4H2,(H,8,9). The summed E-state index contributed by atoms with van der Waals surface area (Å²) in [7, 11) is 0. The average molecular weight is 174 g/mol. The summed E-state index contributed by atoms with van der Waals surface area (Å²) in [5, 5.41) is 8.92. The van der Waals surface area contributed by atoms with Crippen LogP contribution in [-0.2, 0) is 9.53 Å². The van der Waals surface area contributed by atoms with Gasteiger partial charge in [0.25, 0.3) is 0 Å². The Morgan fingerprint density at radius 2 is 2.36 bits per heavy atom. The molecular weight excluding hydrogens is 164 g/mol. The Kier molecular flexibility index (Phi) is 2.96. The van der Waals surface area contributed by atoms with Crippen LogP contribution in [0.1, 0.15) is 0 Å². The topological polar surface area (TPSA) is 46.5 Å². The van der Waals surface area contributed by atoms with E-state index in [1.807, 2.05) is 0 Å². The largest absolute Gasteiger partial charge is 0.478 e. The van der Waals surface area contributed by atoms with Crippen LogP contribution in [0.15, 0.2) is 12.2 Å². The third kappa shape index (κ3) is 2.55. The SMILES string of the molecule is C=C(CSC1COC1)C(=O)O. The van der Waals surface area contributed by atoms with Crippen molar-refractivity contribution in [3.63, 3.8) is 0 Å². The molecule has 11 heavy (non-hydrogen) atoms. The Hall–Kier alpha value is -0.480. The van der Waals surface area contributed by atoms with Gasteiger partial charge in [0, 0.05) is 11.3 Å². The highest BCUT2D eigenvalue weighted by Crippen LogP contribution is 2.20. The van der Waals surface area contributed by atoms with Crippen molar-refractivity contribution in [3.05, 3.63) is 12.2 Å². The number of ether oxygens (including phenoxy) is 1. The van der Waals surface area contributed by atoms with Crippen LogP contribution in [0, 0.1) is 0 Å². The molecule has 4 heteroatoms. The van der Waals surface area contributed by atoms with Crippen molar-refractivity contribution in [2.45, 2.75) is 5.25 Å². The Labute approximate surface area is 69.4 Å². The smallest absolute Gasteiger partial charge is 0.331 e. The summed E-state index contributed by atoms with van der Waals surface area (Å²) in [5.74, 6) is -0.402. The van der Waals surface area contributed by atoms with E-state index in [1.165, 1.54) is 0 Å². The van der Waals surface area contributed by atoms with Gasteiger partial charge in [0.05, 0.1) is 18.5 Å². The van der Waals surface area contributed by atoms with E-state index in [-0.39, 0.29) is 5.57 Å². The van der Waals surface area contributed by atoms with Gasteiger partial charge in [0.15, 0.2) is 0 Å². The van der Waals surface area contributed by atoms with Gasteiger partial charge in [0.1, 0.15) is 0 Å². The maximum Gasteiger partial charge on any atom is 0.331 e. The van der Waals surface area contributed by atoms with E-state index < -0.39 is 5.97 Å². The number of aliphatic carboxylic acids is 1. The van der Waals surface area contributed by atoms with E-state index in [4.69, 9.17) is 9.84 Å². The molecule has 0 spiro atoms. The molecule has 0 bridgehead atoms. The van der Waals surface area contributed by atoms with Gasteiger partial charge in [-0.25, -0.2) is 4.79 Å². The maximum atomic E-state index is 10.3. The summed E-state index contributed by atoms with van der Waals surface area (Å²) in [6, 6.07) is 0. The quantitative estimate of drug-likeness (QED) is 0.639. The fourth-order valence-electron chi connectivity index (χ4n) is 0.590. The minimum absolute atomic E-state index is 0.266. The molecule has 1 fully saturated rings. The Morgan fingerprint density at radius 3 is 2.73 bits per heavy atom. The molecule has 0 atom stereocenters. The minimum Gasteiger partial charge on any atom is -0.478 e. The van der Waals surface area contributed by atoms with Crippen molar-refractivity contribution in [1.82, 2.24) is 0 Å². The van der Waals surface area contributed by atoms with Crippen LogP contribution in [-0.4, -0.2) is 35.3 Å². The second kappa shape index (κ2) is 3.78. The van der Waals surface area contributed by atoms with E-state index in [2.05, 4.69) is 6.58 Å². The van der Waals surface area contributed by atoms with Crippen molar-refractivity contribution in [2.75, 3.05) is 19.0 Å². The zero-order valence-corrected chi connectivity index (χ0v) is 6.89. The third-order valence-electron chi connectivity index (χ3n) is 1.40. The van der Waals surface area contributed by atoms with Crippen LogP contribution in [0.2, 0.25) is 0 Å². The molecule has 0 saturated carbocycles. The number of thioether (sulfide) groups is 1. The molecule has 1 saturated heterocycles. The molecule has 0 unspecified atom stereocenters. The van der Waals surface area contributed by atoms with Crippen LogP contribution >= 0.6 is 11.8 Å². The van der Waals surface area contributed by atoms with Gasteiger partial charge in [-0.3, -0.25) is 0 Å². The van der Waals surface area contributed by atoms with Gasteiger partial charge in [0.2, 0.25) is 0 Å². The van der Waals surface area contributed by atoms with E-state index in [0.29, 0.717) is 11.0 Å². The van der Waals surface area contributed by atoms with Gasteiger partial charge in [-0.2, -0.15) is 0 Å². The summed E-state index contributed by atoms with van der Waals surface area (Å²) < 4.78 is 4.93. The van der Waals surface area contributed by atoms with Gasteiger partial charge in [-0.05, 0) is 0 Å². The van der Waals surface area contributed by atoms with E-state index in [0.717, 1.165) is 13.2 Å². The average Bonchev–Trinajstić information content (AvgIpc) is 1.83. The second-order valence-electron chi connectivity index (χ2n) is 2.38. The summed E-state index contributed by atoms with van der Waals surface area (Å²) in [6.07, 6.45) is 0. The van der Waals surface area contributed by atoms with Gasteiger partial charge >= 0.3 is 5.97 Å². The first-order valence-corrected chi connectivity index (χ1v) is 4.35. The van der Waals surface area contributed by atoms with Crippen LogP contribution in [0.3, 0.4) is 0 Å². The first-order chi connectivity index (χ1) is 5.20. The normalized spacial score (nSPS) is 17.5. The van der Waals surface area contributed by atoms with E-state index >= 15 is 0 Å². The maximum absolute atomic E-state index is 10.3. The van der Waals surface area contributed by atoms with Gasteiger partial charge in [-0.15, -0.1) is 11.8 Å². The first kappa shape index (κ1) is 8.62. The summed E-state index contributed by atoms with van der Waals surface area (Å²) >= 11 is 1.59. The zero-order chi connectivity index (χ0) is 8.27. The number of carboxylic acids is 1. The van der Waals surface area contributed by atoms with Crippen LogP contribution in [0.5, 0.6) is 0 Å².